The number of aromatic amines is 4. The summed E-state index contributed by atoms with van der Waals surface area (Å²) in [5.41, 5.74) is -3.86. The Bertz CT molecular complexity index is 1430. The second-order valence-corrected chi connectivity index (χ2v) is 6.70. The molecule has 3 aromatic rings. The van der Waals surface area contributed by atoms with Crippen LogP contribution in [0.25, 0.3) is 0 Å². The van der Waals surface area contributed by atoms with Crippen molar-refractivity contribution >= 4 is 17.6 Å². The fraction of sp³-hybridized carbons (Fsp3) is 0.235. The van der Waals surface area contributed by atoms with Gasteiger partial charge in [0.1, 0.15) is 12.0 Å². The van der Waals surface area contributed by atoms with Crippen molar-refractivity contribution in [3.05, 3.63) is 87.3 Å². The predicted molar refractivity (Wildman–Crippen MR) is 114 cm³/mol. The van der Waals surface area contributed by atoms with Gasteiger partial charge in [0, 0.05) is 18.9 Å². The van der Waals surface area contributed by atoms with Gasteiger partial charge in [0.15, 0.2) is 0 Å². The molecule has 0 aromatic carbocycles. The summed E-state index contributed by atoms with van der Waals surface area (Å²) in [6.07, 6.45) is 3.16. The Balaban J connectivity index is 0.000000509. The van der Waals surface area contributed by atoms with Crippen LogP contribution in [0.3, 0.4) is 0 Å². The van der Waals surface area contributed by atoms with E-state index >= 15 is 0 Å². The number of nitrogens with zero attached hydrogens (tertiary/aromatic N) is 2. The maximum Gasteiger partial charge on any atom is 1.00 e. The van der Waals surface area contributed by atoms with Crippen LogP contribution in [-0.4, -0.2) is 57.8 Å². The monoisotopic (exact) mass is 558 g/mol. The molecular weight excluding hydrogens is 542 g/mol. The number of ether oxygens (including phenoxy) is 1. The largest absolute Gasteiger partial charge is 1.00 e. The molecule has 190 valence electrons. The van der Waals surface area contributed by atoms with Gasteiger partial charge < -0.3 is 25.4 Å². The van der Waals surface area contributed by atoms with Gasteiger partial charge in [-0.1, -0.05) is 11.6 Å². The molecule has 1 aliphatic rings. The quantitative estimate of drug-likeness (QED) is 0.164. The molecule has 3 aromatic heterocycles. The van der Waals surface area contributed by atoms with Crippen LogP contribution in [0.1, 0.15) is 29.7 Å². The number of aromatic hydroxyl groups is 1. The molecule has 1 unspecified atom stereocenters. The zero-order valence-corrected chi connectivity index (χ0v) is 22.2. The number of hydrogen-bond acceptors (Lipinski definition) is 10. The number of carboxylic acid groups (broad SMARTS) is 1. The molecule has 0 amide bonds. The third-order valence-corrected chi connectivity index (χ3v) is 4.16. The Morgan fingerprint density at radius 2 is 1.86 bits per heavy atom. The molecule has 0 aliphatic carbocycles. The summed E-state index contributed by atoms with van der Waals surface area (Å²) in [4.78, 5) is 73.9. The SMILES string of the molecule is O=C(O)c1nc(=O)[nH]c(=O)[nH]1.O=c1[nH]c(=O)n(C2CCCO2)cc1F.O=c1cc(O)c(Cl)c[nH]1.[K+].[OH-]. The number of aromatic carboxylic acids is 1. The number of carbonyl (C=O) groups is 1. The van der Waals surface area contributed by atoms with E-state index in [2.05, 4.69) is 9.97 Å². The van der Waals surface area contributed by atoms with Gasteiger partial charge in [0.2, 0.25) is 11.6 Å². The summed E-state index contributed by atoms with van der Waals surface area (Å²) < 4.78 is 19.1. The number of nitrogens with one attached hydrogen (secondary N) is 4. The number of hydrogen-bond donors (Lipinski definition) is 6. The van der Waals surface area contributed by atoms with Gasteiger partial charge in [0.25, 0.3) is 11.1 Å². The van der Waals surface area contributed by atoms with Crippen LogP contribution in [0.15, 0.2) is 42.4 Å². The summed E-state index contributed by atoms with van der Waals surface area (Å²) in [5, 5.41) is 17.1. The Morgan fingerprint density at radius 1 is 1.19 bits per heavy atom. The summed E-state index contributed by atoms with van der Waals surface area (Å²) in [6, 6.07) is 1.02. The van der Waals surface area contributed by atoms with Crippen LogP contribution in [0.5, 0.6) is 5.75 Å². The molecule has 0 radical (unpaired) electrons. The first-order chi connectivity index (χ1) is 16.0. The minimum atomic E-state index is -1.45. The minimum absolute atomic E-state index is 0. The van der Waals surface area contributed by atoms with Gasteiger partial charge in [-0.3, -0.25) is 29.1 Å². The minimum Gasteiger partial charge on any atom is -0.870 e. The molecule has 4 rings (SSSR count). The second-order valence-electron chi connectivity index (χ2n) is 6.29. The van der Waals surface area contributed by atoms with Crippen LogP contribution >= 0.6 is 11.6 Å². The number of pyridine rings is 1. The fourth-order valence-corrected chi connectivity index (χ4v) is 2.50. The van der Waals surface area contributed by atoms with E-state index < -0.39 is 46.5 Å². The smallest absolute Gasteiger partial charge is 0.870 e. The second kappa shape index (κ2) is 15.4. The van der Waals surface area contributed by atoms with Crippen molar-refractivity contribution in [1.82, 2.24) is 29.5 Å². The van der Waals surface area contributed by atoms with Gasteiger partial charge in [-0.05, 0) is 12.8 Å². The topological polar surface area (TPSA) is 263 Å². The van der Waals surface area contributed by atoms with Crippen molar-refractivity contribution in [2.24, 2.45) is 0 Å². The number of carboxylic acids is 1. The van der Waals surface area contributed by atoms with Crippen LogP contribution < -0.4 is 79.6 Å². The van der Waals surface area contributed by atoms with Crippen molar-refractivity contribution in [1.29, 1.82) is 0 Å². The van der Waals surface area contributed by atoms with E-state index in [4.69, 9.17) is 26.6 Å². The first kappa shape index (κ1) is 33.3. The molecule has 7 N–H and O–H groups in total. The van der Waals surface area contributed by atoms with E-state index in [0.717, 1.165) is 23.3 Å². The average molecular weight is 559 g/mol. The average Bonchev–Trinajstić information content (AvgIpc) is 3.28. The number of aromatic nitrogens is 6. The number of rotatable bonds is 2. The van der Waals surface area contributed by atoms with Crippen molar-refractivity contribution in [2.75, 3.05) is 6.61 Å². The third kappa shape index (κ3) is 10.1. The summed E-state index contributed by atoms with van der Waals surface area (Å²) >= 11 is 5.36. The Hall–Kier alpha value is -2.71. The first-order valence-electron chi connectivity index (χ1n) is 9.11. The molecule has 1 atom stereocenters. The van der Waals surface area contributed by atoms with Crippen LogP contribution in [0.4, 0.5) is 4.39 Å². The van der Waals surface area contributed by atoms with Crippen molar-refractivity contribution in [3.63, 3.8) is 0 Å². The first-order valence-corrected chi connectivity index (χ1v) is 9.49. The molecular formula is C17H17ClFKN6O10. The molecule has 0 spiro atoms. The fourth-order valence-electron chi connectivity index (χ4n) is 2.39. The Labute approximate surface area is 244 Å². The number of halogens is 2. The van der Waals surface area contributed by atoms with E-state index in [-0.39, 0.29) is 73.2 Å². The molecule has 4 heterocycles. The van der Waals surface area contributed by atoms with E-state index in [1.165, 1.54) is 6.20 Å². The Morgan fingerprint density at radius 3 is 2.36 bits per heavy atom. The molecule has 36 heavy (non-hydrogen) atoms. The standard InChI is InChI=1S/C8H9FN2O3.C5H4ClNO2.C4H3N3O4.K.H2O/c9-5-4-11(6-2-1-3-14-6)8(13)10-7(5)12;6-3-2-7-5(9)1-4(3)8;8-2(9)1-5-3(10)7-4(11)6-1;;/h4,6H,1-3H2,(H,10,12,13);1-2H,(H2,7,8,9);(H,8,9)(H2,5,6,7,10,11);;1H2/q;;;+1;/p-1. The molecule has 1 fully saturated rings. The van der Waals surface area contributed by atoms with Gasteiger partial charge in [-0.25, -0.2) is 19.2 Å². The summed E-state index contributed by atoms with van der Waals surface area (Å²) in [7, 11) is 0. The molecule has 0 saturated carbocycles. The maximum atomic E-state index is 12.9. The Kier molecular flexibility index (Phi) is 14.2. The van der Waals surface area contributed by atoms with E-state index in [9.17, 15) is 33.2 Å². The molecule has 1 saturated heterocycles. The number of H-pyrrole nitrogens is 4. The van der Waals surface area contributed by atoms with Crippen molar-refractivity contribution in [2.45, 2.75) is 19.1 Å². The van der Waals surface area contributed by atoms with Crippen molar-refractivity contribution in [3.8, 4) is 5.75 Å². The predicted octanol–water partition coefficient (Wildman–Crippen LogP) is -4.30. The van der Waals surface area contributed by atoms with Crippen LogP contribution in [0.2, 0.25) is 5.02 Å². The summed E-state index contributed by atoms with van der Waals surface area (Å²) in [5.74, 6) is -3.28. The third-order valence-electron chi connectivity index (χ3n) is 3.86. The molecule has 1 aliphatic heterocycles. The van der Waals surface area contributed by atoms with Crippen LogP contribution in [-0.2, 0) is 4.74 Å². The van der Waals surface area contributed by atoms with Gasteiger partial charge in [-0.2, -0.15) is 9.37 Å². The summed E-state index contributed by atoms with van der Waals surface area (Å²) in [6.45, 7) is 0.553. The zero-order valence-electron chi connectivity index (χ0n) is 18.3. The van der Waals surface area contributed by atoms with Crippen molar-refractivity contribution < 1.29 is 81.0 Å². The normalized spacial score (nSPS) is 13.6. The van der Waals surface area contributed by atoms with E-state index in [1.54, 1.807) is 4.98 Å². The van der Waals surface area contributed by atoms with Gasteiger partial charge >= 0.3 is 74.4 Å². The molecule has 0 bridgehead atoms. The van der Waals surface area contributed by atoms with Crippen LogP contribution in [0, 0.1) is 5.82 Å². The molecule has 16 nitrogen and oxygen atoms in total. The van der Waals surface area contributed by atoms with E-state index in [0.29, 0.717) is 13.0 Å². The van der Waals surface area contributed by atoms with Gasteiger partial charge in [-0.15, -0.1) is 0 Å². The zero-order chi connectivity index (χ0) is 25.4. The van der Waals surface area contributed by atoms with E-state index in [1.807, 2.05) is 9.97 Å². The maximum absolute atomic E-state index is 12.9. The molecule has 19 heteroatoms. The van der Waals surface area contributed by atoms with Gasteiger partial charge in [0.05, 0.1) is 11.2 Å².